The largest absolute Gasteiger partial charge is 0.466 e. The van der Waals surface area contributed by atoms with Gasteiger partial charge < -0.3 is 14.8 Å². The first-order chi connectivity index (χ1) is 10.5. The average Bonchev–Trinajstić information content (AvgIpc) is 2.37. The first kappa shape index (κ1) is 20.9. The molecule has 0 fully saturated rings. The van der Waals surface area contributed by atoms with E-state index in [-0.39, 0.29) is 13.2 Å². The van der Waals surface area contributed by atoms with Crippen LogP contribution in [0.15, 0.2) is 11.3 Å². The standard InChI is InChI=1S/C14H20F3NO5/c1-5-22-10(19)7-9(18-8(3)4)11(13(21)23-6-2)12(20)14(15,16)17/h8,18H,5-7H2,1-4H3/b11-9-. The maximum absolute atomic E-state index is 12.7. The molecule has 0 radical (unpaired) electrons. The molecule has 0 rings (SSSR count). The Hall–Kier alpha value is -2.06. The number of nitrogens with one attached hydrogen (secondary N) is 1. The summed E-state index contributed by atoms with van der Waals surface area (Å²) in [5, 5.41) is 2.52. The van der Waals surface area contributed by atoms with Crippen molar-refractivity contribution < 1.29 is 37.0 Å². The van der Waals surface area contributed by atoms with Crippen LogP contribution in [0.2, 0.25) is 0 Å². The lowest BCUT2D eigenvalue weighted by atomic mass is 10.1. The number of alkyl halides is 3. The molecule has 0 bridgehead atoms. The van der Waals surface area contributed by atoms with Crippen molar-refractivity contribution in [3.8, 4) is 0 Å². The molecule has 0 unspecified atom stereocenters. The van der Waals surface area contributed by atoms with Gasteiger partial charge in [-0.3, -0.25) is 9.59 Å². The van der Waals surface area contributed by atoms with Crippen molar-refractivity contribution in [1.29, 1.82) is 0 Å². The van der Waals surface area contributed by atoms with Crippen LogP contribution in [0.4, 0.5) is 13.2 Å². The van der Waals surface area contributed by atoms with E-state index in [9.17, 15) is 27.6 Å². The van der Waals surface area contributed by atoms with Gasteiger partial charge in [0.25, 0.3) is 5.78 Å². The van der Waals surface area contributed by atoms with Crippen molar-refractivity contribution >= 4 is 17.7 Å². The molecule has 0 amide bonds. The van der Waals surface area contributed by atoms with Gasteiger partial charge in [0.05, 0.1) is 19.6 Å². The minimum Gasteiger partial charge on any atom is -0.466 e. The van der Waals surface area contributed by atoms with Crippen molar-refractivity contribution in [3.05, 3.63) is 11.3 Å². The van der Waals surface area contributed by atoms with Crippen LogP contribution >= 0.6 is 0 Å². The molecule has 132 valence electrons. The number of Topliss-reactive ketones (excluding diaryl/α,β-unsaturated/α-hetero) is 1. The Morgan fingerprint density at radius 2 is 1.57 bits per heavy atom. The van der Waals surface area contributed by atoms with Crippen molar-refractivity contribution in [2.45, 2.75) is 46.3 Å². The highest BCUT2D eigenvalue weighted by atomic mass is 19.4. The Balaban J connectivity index is 5.96. The van der Waals surface area contributed by atoms with Crippen LogP contribution < -0.4 is 5.32 Å². The van der Waals surface area contributed by atoms with Gasteiger partial charge in [-0.1, -0.05) is 0 Å². The summed E-state index contributed by atoms with van der Waals surface area (Å²) >= 11 is 0. The Morgan fingerprint density at radius 3 is 1.96 bits per heavy atom. The van der Waals surface area contributed by atoms with Crippen LogP contribution in [0.3, 0.4) is 0 Å². The van der Waals surface area contributed by atoms with Gasteiger partial charge in [0.15, 0.2) is 0 Å². The third kappa shape index (κ3) is 7.16. The lowest BCUT2D eigenvalue weighted by Gasteiger charge is -2.18. The fraction of sp³-hybridized carbons (Fsp3) is 0.643. The molecule has 0 spiro atoms. The summed E-state index contributed by atoms with van der Waals surface area (Å²) in [5.41, 5.74) is -1.71. The second kappa shape index (κ2) is 9.16. The molecular formula is C14H20F3NO5. The van der Waals surface area contributed by atoms with Gasteiger partial charge in [-0.25, -0.2) is 4.79 Å². The summed E-state index contributed by atoms with van der Waals surface area (Å²) in [6, 6.07) is -0.426. The van der Waals surface area contributed by atoms with Crippen LogP contribution in [0.25, 0.3) is 0 Å². The zero-order chi connectivity index (χ0) is 18.2. The monoisotopic (exact) mass is 339 g/mol. The Labute approximate surface area is 132 Å². The second-order valence-electron chi connectivity index (χ2n) is 4.68. The summed E-state index contributed by atoms with van der Waals surface area (Å²) in [6.45, 7) is 5.84. The van der Waals surface area contributed by atoms with E-state index in [0.29, 0.717) is 0 Å². The molecule has 0 aromatic rings. The predicted molar refractivity (Wildman–Crippen MR) is 74.2 cm³/mol. The van der Waals surface area contributed by atoms with Gasteiger partial charge in [0, 0.05) is 11.7 Å². The number of hydrogen-bond acceptors (Lipinski definition) is 6. The number of hydrogen-bond donors (Lipinski definition) is 1. The van der Waals surface area contributed by atoms with Crippen LogP contribution in [-0.2, 0) is 23.9 Å². The fourth-order valence-electron chi connectivity index (χ4n) is 1.61. The quantitative estimate of drug-likeness (QED) is 0.315. The van der Waals surface area contributed by atoms with Crippen LogP contribution in [0.1, 0.15) is 34.1 Å². The Morgan fingerprint density at radius 1 is 1.04 bits per heavy atom. The summed E-state index contributed by atoms with van der Waals surface area (Å²) in [6.07, 6.45) is -5.96. The minimum atomic E-state index is -5.28. The molecule has 0 aliphatic heterocycles. The number of ketones is 1. The fourth-order valence-corrected chi connectivity index (χ4v) is 1.61. The highest BCUT2D eigenvalue weighted by molar-refractivity contribution is 6.20. The topological polar surface area (TPSA) is 81.7 Å². The summed E-state index contributed by atoms with van der Waals surface area (Å²) < 4.78 is 47.4. The maximum atomic E-state index is 12.7. The first-order valence-electron chi connectivity index (χ1n) is 6.98. The van der Waals surface area contributed by atoms with Gasteiger partial charge in [0.2, 0.25) is 0 Å². The van der Waals surface area contributed by atoms with Gasteiger partial charge in [0.1, 0.15) is 5.57 Å². The van der Waals surface area contributed by atoms with Crippen LogP contribution in [-0.4, -0.2) is 43.2 Å². The lowest BCUT2D eigenvalue weighted by molar-refractivity contribution is -0.168. The van der Waals surface area contributed by atoms with Crippen molar-refractivity contribution in [1.82, 2.24) is 5.32 Å². The normalized spacial score (nSPS) is 12.5. The summed E-state index contributed by atoms with van der Waals surface area (Å²) in [4.78, 5) is 34.9. The molecular weight excluding hydrogens is 319 g/mol. The molecule has 0 saturated carbocycles. The summed E-state index contributed by atoms with van der Waals surface area (Å²) in [7, 11) is 0. The third-order valence-corrected chi connectivity index (χ3v) is 2.36. The highest BCUT2D eigenvalue weighted by Gasteiger charge is 2.45. The predicted octanol–water partition coefficient (Wildman–Crippen LogP) is 1.89. The van der Waals surface area contributed by atoms with E-state index in [1.165, 1.54) is 13.8 Å². The molecule has 0 heterocycles. The Bertz CT molecular complexity index is 483. The minimum absolute atomic E-state index is 0.00967. The molecule has 9 heteroatoms. The third-order valence-electron chi connectivity index (χ3n) is 2.36. The SMILES string of the molecule is CCOC(=O)C/C(NC(C)C)=C(/C(=O)OCC)C(=O)C(F)(F)F. The van der Waals surface area contributed by atoms with E-state index in [0.717, 1.165) is 0 Å². The molecule has 0 aliphatic rings. The van der Waals surface area contributed by atoms with E-state index in [2.05, 4.69) is 14.8 Å². The zero-order valence-corrected chi connectivity index (χ0v) is 13.4. The second-order valence-corrected chi connectivity index (χ2v) is 4.68. The average molecular weight is 339 g/mol. The maximum Gasteiger partial charge on any atom is 0.455 e. The molecule has 0 atom stereocenters. The first-order valence-corrected chi connectivity index (χ1v) is 6.98. The number of rotatable bonds is 8. The zero-order valence-electron chi connectivity index (χ0n) is 13.4. The number of halogens is 3. The molecule has 1 N–H and O–H groups in total. The lowest BCUT2D eigenvalue weighted by Crippen LogP contribution is -2.35. The van der Waals surface area contributed by atoms with Gasteiger partial charge in [-0.15, -0.1) is 0 Å². The van der Waals surface area contributed by atoms with Crippen molar-refractivity contribution in [3.63, 3.8) is 0 Å². The molecule has 0 aliphatic carbocycles. The van der Waals surface area contributed by atoms with Crippen LogP contribution in [0, 0.1) is 0 Å². The number of ether oxygens (including phenoxy) is 2. The van der Waals surface area contributed by atoms with Gasteiger partial charge in [-0.05, 0) is 27.7 Å². The van der Waals surface area contributed by atoms with Crippen molar-refractivity contribution in [2.24, 2.45) is 0 Å². The number of carbonyl (C=O) groups excluding carboxylic acids is 3. The number of carbonyl (C=O) groups is 3. The van der Waals surface area contributed by atoms with E-state index in [4.69, 9.17) is 0 Å². The van der Waals surface area contributed by atoms with Crippen molar-refractivity contribution in [2.75, 3.05) is 13.2 Å². The van der Waals surface area contributed by atoms with Gasteiger partial charge in [-0.2, -0.15) is 13.2 Å². The van der Waals surface area contributed by atoms with E-state index in [1.807, 2.05) is 0 Å². The smallest absolute Gasteiger partial charge is 0.455 e. The van der Waals surface area contributed by atoms with E-state index < -0.39 is 47.6 Å². The van der Waals surface area contributed by atoms with E-state index in [1.54, 1.807) is 13.8 Å². The Kier molecular flexibility index (Phi) is 8.34. The molecule has 6 nitrogen and oxygen atoms in total. The summed E-state index contributed by atoms with van der Waals surface area (Å²) in [5.74, 6) is -4.68. The molecule has 23 heavy (non-hydrogen) atoms. The van der Waals surface area contributed by atoms with Gasteiger partial charge >= 0.3 is 18.1 Å². The van der Waals surface area contributed by atoms with Crippen LogP contribution in [0.5, 0.6) is 0 Å². The highest BCUT2D eigenvalue weighted by Crippen LogP contribution is 2.24. The molecule has 0 aromatic carbocycles. The molecule has 0 aromatic heterocycles. The molecule has 0 saturated heterocycles. The number of esters is 2. The van der Waals surface area contributed by atoms with E-state index >= 15 is 0 Å².